The Hall–Kier alpha value is -2.40. The second kappa shape index (κ2) is 5.97. The molecule has 3 N–H and O–H groups in total. The number of hydrogen-bond donors (Lipinski definition) is 2. The van der Waals surface area contributed by atoms with E-state index in [-0.39, 0.29) is 18.0 Å². The standard InChI is InChI=1S/C14H15N3O2/c15-9-11-4-6-12(7-5-11)16-13(18)10-17-8-2-1-3-14(17)19/h1-8H,9-10,15H2,(H,16,18). The van der Waals surface area contributed by atoms with Crippen LogP contribution >= 0.6 is 0 Å². The second-order valence-electron chi connectivity index (χ2n) is 4.12. The van der Waals surface area contributed by atoms with Gasteiger partial charge >= 0.3 is 0 Å². The van der Waals surface area contributed by atoms with E-state index in [1.165, 1.54) is 10.6 Å². The molecule has 5 nitrogen and oxygen atoms in total. The van der Waals surface area contributed by atoms with Crippen LogP contribution in [0.25, 0.3) is 0 Å². The average molecular weight is 257 g/mol. The molecule has 19 heavy (non-hydrogen) atoms. The second-order valence-corrected chi connectivity index (χ2v) is 4.12. The van der Waals surface area contributed by atoms with E-state index in [0.717, 1.165) is 5.56 Å². The van der Waals surface area contributed by atoms with Crippen molar-refractivity contribution >= 4 is 11.6 Å². The van der Waals surface area contributed by atoms with Crippen LogP contribution in [-0.4, -0.2) is 10.5 Å². The van der Waals surface area contributed by atoms with Crippen LogP contribution in [0, 0.1) is 0 Å². The highest BCUT2D eigenvalue weighted by Gasteiger charge is 2.04. The maximum absolute atomic E-state index is 11.8. The van der Waals surface area contributed by atoms with Crippen molar-refractivity contribution in [3.05, 3.63) is 64.6 Å². The highest BCUT2D eigenvalue weighted by atomic mass is 16.2. The Morgan fingerprint density at radius 2 is 1.89 bits per heavy atom. The van der Waals surface area contributed by atoms with Crippen molar-refractivity contribution in [2.24, 2.45) is 5.73 Å². The molecular formula is C14H15N3O2. The lowest BCUT2D eigenvalue weighted by molar-refractivity contribution is -0.116. The van der Waals surface area contributed by atoms with Crippen LogP contribution in [-0.2, 0) is 17.9 Å². The normalized spacial score (nSPS) is 10.2. The summed E-state index contributed by atoms with van der Waals surface area (Å²) in [5, 5.41) is 2.73. The van der Waals surface area contributed by atoms with Crippen molar-refractivity contribution in [3.8, 4) is 0 Å². The number of amides is 1. The largest absolute Gasteiger partial charge is 0.326 e. The molecule has 0 fully saturated rings. The maximum atomic E-state index is 11.8. The minimum absolute atomic E-state index is 0.00167. The van der Waals surface area contributed by atoms with Gasteiger partial charge in [-0.15, -0.1) is 0 Å². The smallest absolute Gasteiger partial charge is 0.250 e. The van der Waals surface area contributed by atoms with Gasteiger partial charge in [-0.2, -0.15) is 0 Å². The molecule has 1 amide bonds. The summed E-state index contributed by atoms with van der Waals surface area (Å²) in [7, 11) is 0. The van der Waals surface area contributed by atoms with Crippen molar-refractivity contribution < 1.29 is 4.79 Å². The zero-order valence-electron chi connectivity index (χ0n) is 10.4. The summed E-state index contributed by atoms with van der Waals surface area (Å²) in [5.41, 5.74) is 6.98. The van der Waals surface area contributed by atoms with Crippen molar-refractivity contribution in [3.63, 3.8) is 0 Å². The lowest BCUT2D eigenvalue weighted by Crippen LogP contribution is -2.26. The van der Waals surface area contributed by atoms with Gasteiger partial charge in [-0.1, -0.05) is 18.2 Å². The number of aromatic nitrogens is 1. The van der Waals surface area contributed by atoms with Gasteiger partial charge in [0, 0.05) is 24.5 Å². The number of hydrogen-bond acceptors (Lipinski definition) is 3. The van der Waals surface area contributed by atoms with Crippen LogP contribution in [0.1, 0.15) is 5.56 Å². The van der Waals surface area contributed by atoms with Crippen LogP contribution < -0.4 is 16.6 Å². The van der Waals surface area contributed by atoms with E-state index in [4.69, 9.17) is 5.73 Å². The van der Waals surface area contributed by atoms with Gasteiger partial charge in [-0.25, -0.2) is 0 Å². The first-order valence-corrected chi connectivity index (χ1v) is 5.93. The number of nitrogens with zero attached hydrogens (tertiary/aromatic N) is 1. The summed E-state index contributed by atoms with van der Waals surface area (Å²) in [6.45, 7) is 0.464. The Labute approximate surface area is 110 Å². The molecule has 0 saturated carbocycles. The zero-order valence-corrected chi connectivity index (χ0v) is 10.4. The number of anilines is 1. The number of carbonyl (C=O) groups is 1. The molecule has 2 rings (SSSR count). The van der Waals surface area contributed by atoms with Gasteiger partial charge in [-0.3, -0.25) is 9.59 Å². The van der Waals surface area contributed by atoms with Gasteiger partial charge in [0.15, 0.2) is 0 Å². The van der Waals surface area contributed by atoms with Crippen molar-refractivity contribution in [1.82, 2.24) is 4.57 Å². The molecule has 1 heterocycles. The Kier molecular flexibility index (Phi) is 4.10. The van der Waals surface area contributed by atoms with Crippen LogP contribution in [0.15, 0.2) is 53.5 Å². The molecular weight excluding hydrogens is 242 g/mol. The summed E-state index contributed by atoms with van der Waals surface area (Å²) in [4.78, 5) is 23.3. The van der Waals surface area contributed by atoms with Crippen molar-refractivity contribution in [1.29, 1.82) is 0 Å². The highest BCUT2D eigenvalue weighted by Crippen LogP contribution is 2.08. The van der Waals surface area contributed by atoms with Gasteiger partial charge < -0.3 is 15.6 Å². The summed E-state index contributed by atoms with van der Waals surface area (Å²) in [6, 6.07) is 12.0. The fraction of sp³-hybridized carbons (Fsp3) is 0.143. The van der Waals surface area contributed by atoms with Crippen LogP contribution in [0.5, 0.6) is 0 Å². The van der Waals surface area contributed by atoms with E-state index in [1.807, 2.05) is 12.1 Å². The molecule has 0 saturated heterocycles. The summed E-state index contributed by atoms with van der Waals surface area (Å²) in [6.07, 6.45) is 1.58. The lowest BCUT2D eigenvalue weighted by atomic mass is 10.2. The molecule has 0 radical (unpaired) electrons. The summed E-state index contributed by atoms with van der Waals surface area (Å²) in [5.74, 6) is -0.242. The molecule has 1 aromatic heterocycles. The fourth-order valence-corrected chi connectivity index (χ4v) is 1.67. The van der Waals surface area contributed by atoms with E-state index >= 15 is 0 Å². The Balaban J connectivity index is 2.01. The van der Waals surface area contributed by atoms with Crippen LogP contribution in [0.2, 0.25) is 0 Å². The minimum Gasteiger partial charge on any atom is -0.326 e. The van der Waals surface area contributed by atoms with Gasteiger partial charge in [0.1, 0.15) is 6.54 Å². The predicted octanol–water partition coefficient (Wildman–Crippen LogP) is 0.946. The lowest BCUT2D eigenvalue weighted by Gasteiger charge is -2.07. The van der Waals surface area contributed by atoms with E-state index in [1.54, 1.807) is 30.5 Å². The first-order chi connectivity index (χ1) is 9.19. The number of nitrogens with one attached hydrogen (secondary N) is 1. The van der Waals surface area contributed by atoms with Gasteiger partial charge in [0.2, 0.25) is 5.91 Å². The van der Waals surface area contributed by atoms with Crippen LogP contribution in [0.3, 0.4) is 0 Å². The van der Waals surface area contributed by atoms with E-state index in [2.05, 4.69) is 5.32 Å². The predicted molar refractivity (Wildman–Crippen MR) is 73.7 cm³/mol. The number of pyridine rings is 1. The summed E-state index contributed by atoms with van der Waals surface area (Å²) >= 11 is 0. The SMILES string of the molecule is NCc1ccc(NC(=O)Cn2ccccc2=O)cc1. The zero-order chi connectivity index (χ0) is 13.7. The Morgan fingerprint density at radius 1 is 1.16 bits per heavy atom. The molecule has 0 unspecified atom stereocenters. The van der Waals surface area contributed by atoms with E-state index in [9.17, 15) is 9.59 Å². The molecule has 0 aliphatic heterocycles. The molecule has 0 aliphatic carbocycles. The topological polar surface area (TPSA) is 77.1 Å². The van der Waals surface area contributed by atoms with Gasteiger partial charge in [0.25, 0.3) is 5.56 Å². The Bertz CT molecular complexity index is 617. The fourth-order valence-electron chi connectivity index (χ4n) is 1.67. The minimum atomic E-state index is -0.242. The van der Waals surface area contributed by atoms with E-state index in [0.29, 0.717) is 12.2 Å². The third-order valence-corrected chi connectivity index (χ3v) is 2.69. The number of nitrogens with two attached hydrogens (primary N) is 1. The molecule has 0 aliphatic rings. The molecule has 1 aromatic carbocycles. The van der Waals surface area contributed by atoms with Gasteiger partial charge in [0.05, 0.1) is 0 Å². The van der Waals surface area contributed by atoms with Crippen LogP contribution in [0.4, 0.5) is 5.69 Å². The third-order valence-electron chi connectivity index (χ3n) is 2.69. The quantitative estimate of drug-likeness (QED) is 0.856. The molecule has 0 atom stereocenters. The first kappa shape index (κ1) is 13.0. The maximum Gasteiger partial charge on any atom is 0.250 e. The molecule has 0 bridgehead atoms. The van der Waals surface area contributed by atoms with Gasteiger partial charge in [-0.05, 0) is 23.8 Å². The molecule has 0 spiro atoms. The number of benzene rings is 1. The average Bonchev–Trinajstić information content (AvgIpc) is 2.42. The molecule has 2 aromatic rings. The third kappa shape index (κ3) is 3.53. The first-order valence-electron chi connectivity index (χ1n) is 5.93. The van der Waals surface area contributed by atoms with Crippen molar-refractivity contribution in [2.75, 3.05) is 5.32 Å². The van der Waals surface area contributed by atoms with E-state index < -0.39 is 0 Å². The number of carbonyl (C=O) groups excluding carboxylic acids is 1. The Morgan fingerprint density at radius 3 is 2.53 bits per heavy atom. The molecule has 5 heteroatoms. The summed E-state index contributed by atoms with van der Waals surface area (Å²) < 4.78 is 1.35. The number of rotatable bonds is 4. The molecule has 98 valence electrons. The highest BCUT2D eigenvalue weighted by molar-refractivity contribution is 5.90. The monoisotopic (exact) mass is 257 g/mol. The van der Waals surface area contributed by atoms with Crippen molar-refractivity contribution in [2.45, 2.75) is 13.1 Å².